The molecule has 0 saturated heterocycles. The Morgan fingerprint density at radius 1 is 1.47 bits per heavy atom. The summed E-state index contributed by atoms with van der Waals surface area (Å²) in [5.74, 6) is 1.28. The maximum absolute atomic E-state index is 11.6. The molecular formula is C12H17N3OS. The van der Waals surface area contributed by atoms with E-state index in [1.807, 2.05) is 11.4 Å². The van der Waals surface area contributed by atoms with Crippen LogP contribution < -0.4 is 10.9 Å². The predicted molar refractivity (Wildman–Crippen MR) is 70.0 cm³/mol. The maximum atomic E-state index is 11.6. The van der Waals surface area contributed by atoms with Gasteiger partial charge in [-0.3, -0.25) is 20.6 Å². The van der Waals surface area contributed by atoms with Gasteiger partial charge in [-0.15, -0.1) is 11.3 Å². The average Bonchev–Trinajstić information content (AvgIpc) is 2.75. The summed E-state index contributed by atoms with van der Waals surface area (Å²) in [6, 6.07) is 3.85. The van der Waals surface area contributed by atoms with Gasteiger partial charge in [0.1, 0.15) is 11.9 Å². The molecule has 2 N–H and O–H groups in total. The van der Waals surface area contributed by atoms with Crippen LogP contribution in [0.3, 0.4) is 0 Å². The molecule has 1 aliphatic rings. The number of carbonyl (C=O) groups excluding carboxylic acids is 1. The third kappa shape index (κ3) is 3.30. The summed E-state index contributed by atoms with van der Waals surface area (Å²) in [6.45, 7) is 4.20. The Balaban J connectivity index is 2.04. The molecule has 2 heterocycles. The number of nitrogens with one attached hydrogen (secondary N) is 2. The van der Waals surface area contributed by atoms with Gasteiger partial charge in [-0.2, -0.15) is 0 Å². The molecule has 0 radical (unpaired) electrons. The molecule has 4 nitrogen and oxygen atoms in total. The smallest absolute Gasteiger partial charge is 0.263 e. The zero-order chi connectivity index (χ0) is 12.3. The van der Waals surface area contributed by atoms with E-state index in [4.69, 9.17) is 0 Å². The van der Waals surface area contributed by atoms with Gasteiger partial charge in [-0.05, 0) is 23.8 Å². The molecule has 0 spiro atoms. The van der Waals surface area contributed by atoms with Crippen LogP contribution in [0, 0.1) is 5.92 Å². The quantitative estimate of drug-likeness (QED) is 0.856. The van der Waals surface area contributed by atoms with E-state index in [0.29, 0.717) is 5.92 Å². The van der Waals surface area contributed by atoms with E-state index in [9.17, 15) is 4.79 Å². The molecule has 1 aromatic rings. The fourth-order valence-electron chi connectivity index (χ4n) is 1.77. The zero-order valence-electron chi connectivity index (χ0n) is 10.1. The molecule has 1 unspecified atom stereocenters. The minimum absolute atomic E-state index is 0.0337. The largest absolute Gasteiger partial charge is 0.285 e. The monoisotopic (exact) mass is 251 g/mol. The lowest BCUT2D eigenvalue weighted by molar-refractivity contribution is -0.123. The highest BCUT2D eigenvalue weighted by Crippen LogP contribution is 2.13. The number of nitrogens with zero attached hydrogens (tertiary/aromatic N) is 1. The number of carbonyl (C=O) groups is 1. The van der Waals surface area contributed by atoms with E-state index in [-0.39, 0.29) is 11.9 Å². The van der Waals surface area contributed by atoms with Crippen LogP contribution in [0.25, 0.3) is 0 Å². The van der Waals surface area contributed by atoms with Gasteiger partial charge in [0.2, 0.25) is 0 Å². The van der Waals surface area contributed by atoms with Crippen molar-refractivity contribution >= 4 is 23.1 Å². The number of amidine groups is 1. The fourth-order valence-corrected chi connectivity index (χ4v) is 2.48. The van der Waals surface area contributed by atoms with Crippen LogP contribution in [0.1, 0.15) is 25.1 Å². The number of rotatable bonds is 4. The Morgan fingerprint density at radius 3 is 2.94 bits per heavy atom. The Morgan fingerprint density at radius 2 is 2.29 bits per heavy atom. The second kappa shape index (κ2) is 5.31. The van der Waals surface area contributed by atoms with E-state index in [1.54, 1.807) is 11.3 Å². The second-order valence-corrected chi connectivity index (χ2v) is 5.62. The van der Waals surface area contributed by atoms with Gasteiger partial charge in [-0.25, -0.2) is 0 Å². The molecule has 92 valence electrons. The summed E-state index contributed by atoms with van der Waals surface area (Å²) in [7, 11) is 0. The summed E-state index contributed by atoms with van der Waals surface area (Å²) in [5, 5.41) is 2.04. The number of hydrogen-bond donors (Lipinski definition) is 2. The molecular weight excluding hydrogens is 234 g/mol. The van der Waals surface area contributed by atoms with Gasteiger partial charge < -0.3 is 0 Å². The summed E-state index contributed by atoms with van der Waals surface area (Å²) < 4.78 is 0. The minimum Gasteiger partial charge on any atom is -0.285 e. The van der Waals surface area contributed by atoms with Crippen molar-refractivity contribution in [1.82, 2.24) is 10.9 Å². The van der Waals surface area contributed by atoms with E-state index >= 15 is 0 Å². The first-order chi connectivity index (χ1) is 8.15. The van der Waals surface area contributed by atoms with E-state index < -0.39 is 0 Å². The summed E-state index contributed by atoms with van der Waals surface area (Å²) in [5.41, 5.74) is 5.55. The molecule has 1 amide bonds. The lowest BCUT2D eigenvalue weighted by atomic mass is 10.0. The molecule has 0 aromatic carbocycles. The average molecular weight is 251 g/mol. The fraction of sp³-hybridized carbons (Fsp3) is 0.500. The summed E-state index contributed by atoms with van der Waals surface area (Å²) in [4.78, 5) is 17.3. The van der Waals surface area contributed by atoms with E-state index in [2.05, 4.69) is 35.8 Å². The Bertz CT molecular complexity index is 411. The molecule has 0 fully saturated rings. The first-order valence-corrected chi connectivity index (χ1v) is 6.68. The standard InChI is InChI=1S/C12H17N3OS/c1-8(2)6-10-12(16)15-14-11(13-10)7-9-4-3-5-17-9/h3-5,8,10H,6-7H2,1-2H3,(H,13,14)(H,15,16). The third-order valence-electron chi connectivity index (χ3n) is 2.56. The van der Waals surface area contributed by atoms with Gasteiger partial charge >= 0.3 is 0 Å². The van der Waals surface area contributed by atoms with E-state index in [0.717, 1.165) is 18.7 Å². The topological polar surface area (TPSA) is 53.5 Å². The van der Waals surface area contributed by atoms with Crippen LogP contribution in [0.5, 0.6) is 0 Å². The molecule has 0 saturated carbocycles. The molecule has 0 bridgehead atoms. The van der Waals surface area contributed by atoms with Crippen LogP contribution in [0.15, 0.2) is 22.5 Å². The van der Waals surface area contributed by atoms with Crippen LogP contribution in [-0.4, -0.2) is 17.8 Å². The molecule has 1 aromatic heterocycles. The molecule has 2 rings (SSSR count). The molecule has 0 aliphatic carbocycles. The van der Waals surface area contributed by atoms with Gasteiger partial charge in [0.25, 0.3) is 5.91 Å². The lowest BCUT2D eigenvalue weighted by Gasteiger charge is -2.23. The highest BCUT2D eigenvalue weighted by molar-refractivity contribution is 7.10. The van der Waals surface area contributed by atoms with Crippen LogP contribution >= 0.6 is 11.3 Å². The molecule has 1 atom stereocenters. The van der Waals surface area contributed by atoms with Gasteiger partial charge in [0.05, 0.1) is 0 Å². The van der Waals surface area contributed by atoms with Crippen molar-refractivity contribution in [3.63, 3.8) is 0 Å². The Labute approximate surface area is 105 Å². The maximum Gasteiger partial charge on any atom is 0.263 e. The van der Waals surface area contributed by atoms with Gasteiger partial charge in [0, 0.05) is 11.3 Å². The van der Waals surface area contributed by atoms with Crippen molar-refractivity contribution in [2.75, 3.05) is 0 Å². The third-order valence-corrected chi connectivity index (χ3v) is 3.44. The first-order valence-electron chi connectivity index (χ1n) is 5.80. The van der Waals surface area contributed by atoms with Crippen molar-refractivity contribution in [2.24, 2.45) is 10.9 Å². The summed E-state index contributed by atoms with van der Waals surface area (Å²) in [6.07, 6.45) is 1.55. The predicted octanol–water partition coefficient (Wildman–Crippen LogP) is 1.74. The molecule has 17 heavy (non-hydrogen) atoms. The van der Waals surface area contributed by atoms with Crippen LogP contribution in [0.4, 0.5) is 0 Å². The van der Waals surface area contributed by atoms with Crippen molar-refractivity contribution in [3.05, 3.63) is 22.4 Å². The highest BCUT2D eigenvalue weighted by atomic mass is 32.1. The second-order valence-electron chi connectivity index (χ2n) is 4.59. The van der Waals surface area contributed by atoms with Crippen molar-refractivity contribution in [1.29, 1.82) is 0 Å². The van der Waals surface area contributed by atoms with Crippen molar-refractivity contribution in [2.45, 2.75) is 32.7 Å². The SMILES string of the molecule is CC(C)CC1N=C(Cc2cccs2)NNC1=O. The number of hydrogen-bond acceptors (Lipinski definition) is 4. The molecule has 5 heteroatoms. The molecule has 1 aliphatic heterocycles. The van der Waals surface area contributed by atoms with Crippen molar-refractivity contribution < 1.29 is 4.79 Å². The Kier molecular flexibility index (Phi) is 3.78. The zero-order valence-corrected chi connectivity index (χ0v) is 10.9. The van der Waals surface area contributed by atoms with Crippen LogP contribution in [-0.2, 0) is 11.2 Å². The number of hydrazine groups is 1. The lowest BCUT2D eigenvalue weighted by Crippen LogP contribution is -2.51. The Hall–Kier alpha value is -1.36. The van der Waals surface area contributed by atoms with E-state index in [1.165, 1.54) is 4.88 Å². The number of aliphatic imine (C=N–C) groups is 1. The van der Waals surface area contributed by atoms with Crippen LogP contribution in [0.2, 0.25) is 0 Å². The summed E-state index contributed by atoms with van der Waals surface area (Å²) >= 11 is 1.70. The van der Waals surface area contributed by atoms with Gasteiger partial charge in [0.15, 0.2) is 0 Å². The normalized spacial score (nSPS) is 19.8. The van der Waals surface area contributed by atoms with Crippen molar-refractivity contribution in [3.8, 4) is 0 Å². The number of amides is 1. The van der Waals surface area contributed by atoms with Gasteiger partial charge in [-0.1, -0.05) is 19.9 Å². The number of thiophene rings is 1. The minimum atomic E-state index is -0.244. The first kappa shape index (κ1) is 12.1. The highest BCUT2D eigenvalue weighted by Gasteiger charge is 2.23.